The van der Waals surface area contributed by atoms with Crippen LogP contribution in [0.15, 0.2) is 71.6 Å². The third kappa shape index (κ3) is 3.63. The molecule has 0 fully saturated rings. The zero-order valence-corrected chi connectivity index (χ0v) is 16.0. The number of para-hydroxylation sites is 2. The van der Waals surface area contributed by atoms with Gasteiger partial charge in [0.1, 0.15) is 5.82 Å². The second-order valence-corrected chi connectivity index (χ2v) is 7.75. The van der Waals surface area contributed by atoms with E-state index in [1.165, 1.54) is 39.9 Å². The van der Waals surface area contributed by atoms with Gasteiger partial charge < -0.3 is 4.57 Å². The fourth-order valence-electron chi connectivity index (χ4n) is 3.46. The lowest BCUT2D eigenvalue weighted by molar-refractivity contribution is 0.622. The second-order valence-electron chi connectivity index (χ2n) is 6.59. The Morgan fingerprint density at radius 3 is 2.58 bits per heavy atom. The summed E-state index contributed by atoms with van der Waals surface area (Å²) in [5.74, 6) is 2.36. The van der Waals surface area contributed by atoms with Gasteiger partial charge in [0.15, 0.2) is 0 Å². The number of benzene rings is 3. The molecule has 0 amide bonds. The largest absolute Gasteiger partial charge is 0.328 e. The highest BCUT2D eigenvalue weighted by atomic mass is 32.2. The van der Waals surface area contributed by atoms with Crippen molar-refractivity contribution in [2.24, 2.45) is 0 Å². The first kappa shape index (κ1) is 17.2. The number of aryl methyl sites for hydroxylation is 2. The zero-order valence-electron chi connectivity index (χ0n) is 15.2. The first-order valence-electron chi connectivity index (χ1n) is 9.41. The summed E-state index contributed by atoms with van der Waals surface area (Å²) in [7, 11) is 0. The number of nitrogens with zero attached hydrogens (tertiary/aromatic N) is 2. The minimum absolute atomic E-state index is 0.987. The molecule has 2 nitrogen and oxygen atoms in total. The van der Waals surface area contributed by atoms with Crippen LogP contribution in [0, 0.1) is 0 Å². The second kappa shape index (κ2) is 7.96. The van der Waals surface area contributed by atoms with E-state index in [0.29, 0.717) is 0 Å². The van der Waals surface area contributed by atoms with E-state index in [1.807, 2.05) is 11.8 Å². The Balaban J connectivity index is 1.34. The van der Waals surface area contributed by atoms with Crippen molar-refractivity contribution in [1.29, 1.82) is 0 Å². The molecule has 1 aromatic heterocycles. The molecule has 0 aliphatic heterocycles. The van der Waals surface area contributed by atoms with E-state index in [0.717, 1.165) is 24.2 Å². The minimum atomic E-state index is 0.987. The molecule has 1 heterocycles. The molecule has 0 unspecified atom stereocenters. The van der Waals surface area contributed by atoms with Crippen LogP contribution < -0.4 is 0 Å². The molecule has 0 N–H and O–H groups in total. The summed E-state index contributed by atoms with van der Waals surface area (Å²) in [6.07, 6.45) is 3.39. The van der Waals surface area contributed by atoms with Gasteiger partial charge in [0, 0.05) is 17.9 Å². The van der Waals surface area contributed by atoms with Gasteiger partial charge in [-0.15, -0.1) is 11.8 Å². The quantitative estimate of drug-likeness (QED) is 0.283. The highest BCUT2D eigenvalue weighted by molar-refractivity contribution is 7.99. The lowest BCUT2D eigenvalue weighted by atomic mass is 10.1. The SMILES string of the molecule is CCc1nc2ccccc2n1CCCCSc1ccc2ccccc2c1. The monoisotopic (exact) mass is 360 g/mol. The fourth-order valence-corrected chi connectivity index (χ4v) is 4.42. The van der Waals surface area contributed by atoms with Gasteiger partial charge in [0.05, 0.1) is 11.0 Å². The molecule has 0 aliphatic rings. The molecular formula is C23H24N2S. The van der Waals surface area contributed by atoms with Crippen molar-refractivity contribution in [3.8, 4) is 0 Å². The van der Waals surface area contributed by atoms with Crippen LogP contribution in [0.2, 0.25) is 0 Å². The van der Waals surface area contributed by atoms with Crippen molar-refractivity contribution in [2.75, 3.05) is 5.75 Å². The van der Waals surface area contributed by atoms with E-state index in [1.54, 1.807) is 0 Å². The van der Waals surface area contributed by atoms with Crippen molar-refractivity contribution in [3.63, 3.8) is 0 Å². The summed E-state index contributed by atoms with van der Waals surface area (Å²) in [6, 6.07) is 23.8. The topological polar surface area (TPSA) is 17.8 Å². The van der Waals surface area contributed by atoms with Gasteiger partial charge in [-0.05, 0) is 53.6 Å². The van der Waals surface area contributed by atoms with E-state index in [9.17, 15) is 0 Å². The van der Waals surface area contributed by atoms with Gasteiger partial charge in [-0.1, -0.05) is 49.4 Å². The Morgan fingerprint density at radius 2 is 1.69 bits per heavy atom. The molecule has 0 radical (unpaired) electrons. The molecule has 3 aromatic carbocycles. The lowest BCUT2D eigenvalue weighted by Crippen LogP contribution is -2.03. The molecule has 132 valence electrons. The molecule has 4 rings (SSSR count). The van der Waals surface area contributed by atoms with E-state index in [-0.39, 0.29) is 0 Å². The fraction of sp³-hybridized carbons (Fsp3) is 0.261. The van der Waals surface area contributed by atoms with E-state index < -0.39 is 0 Å². The first-order valence-corrected chi connectivity index (χ1v) is 10.4. The molecule has 0 atom stereocenters. The number of unbranched alkanes of at least 4 members (excludes halogenated alkanes) is 1. The van der Waals surface area contributed by atoms with Crippen molar-refractivity contribution < 1.29 is 0 Å². The first-order chi connectivity index (χ1) is 12.8. The van der Waals surface area contributed by atoms with Crippen LogP contribution in [0.4, 0.5) is 0 Å². The average molecular weight is 361 g/mol. The molecular weight excluding hydrogens is 336 g/mol. The van der Waals surface area contributed by atoms with Crippen molar-refractivity contribution in [3.05, 3.63) is 72.6 Å². The predicted molar refractivity (Wildman–Crippen MR) is 113 cm³/mol. The Bertz CT molecular complexity index is 1020. The van der Waals surface area contributed by atoms with Crippen LogP contribution in [-0.2, 0) is 13.0 Å². The zero-order chi connectivity index (χ0) is 17.8. The average Bonchev–Trinajstić information content (AvgIpc) is 3.05. The lowest BCUT2D eigenvalue weighted by Gasteiger charge is -2.08. The van der Waals surface area contributed by atoms with Crippen LogP contribution in [-0.4, -0.2) is 15.3 Å². The molecule has 3 heteroatoms. The van der Waals surface area contributed by atoms with Gasteiger partial charge >= 0.3 is 0 Å². The Kier molecular flexibility index (Phi) is 5.26. The highest BCUT2D eigenvalue weighted by Gasteiger charge is 2.08. The van der Waals surface area contributed by atoms with Crippen LogP contribution in [0.3, 0.4) is 0 Å². The van der Waals surface area contributed by atoms with Gasteiger partial charge in [-0.25, -0.2) is 4.98 Å². The summed E-state index contributed by atoms with van der Waals surface area (Å²) < 4.78 is 2.40. The Morgan fingerprint density at radius 1 is 0.885 bits per heavy atom. The maximum absolute atomic E-state index is 4.76. The number of hydrogen-bond donors (Lipinski definition) is 0. The summed E-state index contributed by atoms with van der Waals surface area (Å²) >= 11 is 1.96. The predicted octanol–water partition coefficient (Wildman–Crippen LogP) is 6.32. The molecule has 0 bridgehead atoms. The molecule has 0 saturated heterocycles. The molecule has 4 aromatic rings. The van der Waals surface area contributed by atoms with Gasteiger partial charge in [-0.2, -0.15) is 0 Å². The van der Waals surface area contributed by atoms with Crippen LogP contribution in [0.5, 0.6) is 0 Å². The normalized spacial score (nSPS) is 11.4. The summed E-state index contributed by atoms with van der Waals surface area (Å²) in [4.78, 5) is 6.13. The number of aromatic nitrogens is 2. The smallest absolute Gasteiger partial charge is 0.109 e. The van der Waals surface area contributed by atoms with Crippen LogP contribution >= 0.6 is 11.8 Å². The molecule has 26 heavy (non-hydrogen) atoms. The third-order valence-corrected chi connectivity index (χ3v) is 5.90. The summed E-state index contributed by atoms with van der Waals surface area (Å²) in [6.45, 7) is 3.25. The maximum Gasteiger partial charge on any atom is 0.109 e. The highest BCUT2D eigenvalue weighted by Crippen LogP contribution is 2.25. The summed E-state index contributed by atoms with van der Waals surface area (Å²) in [5, 5.41) is 2.64. The number of rotatable bonds is 7. The third-order valence-electron chi connectivity index (χ3n) is 4.82. The molecule has 0 aliphatic carbocycles. The van der Waals surface area contributed by atoms with Crippen molar-refractivity contribution >= 4 is 33.6 Å². The van der Waals surface area contributed by atoms with Crippen LogP contribution in [0.25, 0.3) is 21.8 Å². The van der Waals surface area contributed by atoms with Crippen molar-refractivity contribution in [1.82, 2.24) is 9.55 Å². The summed E-state index contributed by atoms with van der Waals surface area (Å²) in [5.41, 5.74) is 2.39. The minimum Gasteiger partial charge on any atom is -0.328 e. The number of hydrogen-bond acceptors (Lipinski definition) is 2. The van der Waals surface area contributed by atoms with Crippen LogP contribution in [0.1, 0.15) is 25.6 Å². The number of fused-ring (bicyclic) bond motifs is 2. The molecule has 0 spiro atoms. The molecule has 0 saturated carbocycles. The van der Waals surface area contributed by atoms with Gasteiger partial charge in [-0.3, -0.25) is 0 Å². The Labute approximate surface area is 159 Å². The van der Waals surface area contributed by atoms with Crippen molar-refractivity contribution in [2.45, 2.75) is 37.6 Å². The standard InChI is InChI=1S/C23H24N2S/c1-2-23-24-21-11-5-6-12-22(21)25(23)15-7-8-16-26-20-14-13-18-9-3-4-10-19(18)17-20/h3-6,9-14,17H,2,7-8,15-16H2,1H3. The van der Waals surface area contributed by atoms with Gasteiger partial charge in [0.25, 0.3) is 0 Å². The van der Waals surface area contributed by atoms with E-state index >= 15 is 0 Å². The number of thioether (sulfide) groups is 1. The number of imidazole rings is 1. The Hall–Kier alpha value is -2.26. The maximum atomic E-state index is 4.76. The van der Waals surface area contributed by atoms with E-state index in [4.69, 9.17) is 4.98 Å². The van der Waals surface area contributed by atoms with E-state index in [2.05, 4.69) is 78.2 Å². The van der Waals surface area contributed by atoms with Gasteiger partial charge in [0.2, 0.25) is 0 Å².